The number of aromatic nitrogens is 3. The van der Waals surface area contributed by atoms with Gasteiger partial charge in [0.15, 0.2) is 0 Å². The third-order valence-corrected chi connectivity index (χ3v) is 3.74. The number of hydrogen-bond donors (Lipinski definition) is 2. The van der Waals surface area contributed by atoms with Gasteiger partial charge in [-0.2, -0.15) is 5.10 Å². The third-order valence-electron chi connectivity index (χ3n) is 2.77. The Morgan fingerprint density at radius 2 is 2.37 bits per heavy atom. The Labute approximate surface area is 113 Å². The van der Waals surface area contributed by atoms with Crippen molar-refractivity contribution in [2.75, 3.05) is 0 Å². The van der Waals surface area contributed by atoms with Gasteiger partial charge in [0.2, 0.25) is 0 Å². The highest BCUT2D eigenvalue weighted by Crippen LogP contribution is 2.13. The van der Waals surface area contributed by atoms with Gasteiger partial charge in [0.25, 0.3) is 5.91 Å². The van der Waals surface area contributed by atoms with Crippen LogP contribution >= 0.6 is 11.3 Å². The topological polar surface area (TPSA) is 70.7 Å². The number of H-pyrrole nitrogens is 1. The van der Waals surface area contributed by atoms with E-state index < -0.39 is 0 Å². The van der Waals surface area contributed by atoms with Crippen molar-refractivity contribution in [2.45, 2.75) is 13.5 Å². The molecule has 96 valence electrons. The Morgan fingerprint density at radius 3 is 3.16 bits per heavy atom. The first-order valence-corrected chi connectivity index (χ1v) is 6.73. The van der Waals surface area contributed by atoms with Crippen LogP contribution in [0.15, 0.2) is 29.8 Å². The number of benzene rings is 1. The van der Waals surface area contributed by atoms with Crippen LogP contribution in [0.2, 0.25) is 0 Å². The van der Waals surface area contributed by atoms with Gasteiger partial charge >= 0.3 is 0 Å². The summed E-state index contributed by atoms with van der Waals surface area (Å²) >= 11 is 1.55. The maximum absolute atomic E-state index is 12.0. The molecule has 0 saturated heterocycles. The van der Waals surface area contributed by atoms with E-state index in [-0.39, 0.29) is 5.91 Å². The zero-order valence-corrected chi connectivity index (χ0v) is 11.1. The summed E-state index contributed by atoms with van der Waals surface area (Å²) in [5.74, 6) is -0.107. The van der Waals surface area contributed by atoms with Gasteiger partial charge in [-0.05, 0) is 19.1 Å². The van der Waals surface area contributed by atoms with Crippen molar-refractivity contribution in [3.8, 4) is 0 Å². The lowest BCUT2D eigenvalue weighted by Crippen LogP contribution is -2.22. The van der Waals surface area contributed by atoms with Crippen LogP contribution in [0.3, 0.4) is 0 Å². The maximum atomic E-state index is 12.0. The van der Waals surface area contributed by atoms with Crippen molar-refractivity contribution < 1.29 is 4.79 Å². The van der Waals surface area contributed by atoms with E-state index in [1.807, 2.05) is 18.4 Å². The maximum Gasteiger partial charge on any atom is 0.251 e. The van der Waals surface area contributed by atoms with Crippen LogP contribution in [0, 0.1) is 6.92 Å². The van der Waals surface area contributed by atoms with Crippen molar-refractivity contribution in [3.63, 3.8) is 0 Å². The van der Waals surface area contributed by atoms with E-state index in [4.69, 9.17) is 0 Å². The Balaban J connectivity index is 1.72. The number of amides is 1. The van der Waals surface area contributed by atoms with Crippen molar-refractivity contribution in [1.29, 1.82) is 0 Å². The van der Waals surface area contributed by atoms with Crippen molar-refractivity contribution >= 4 is 28.1 Å². The molecule has 0 saturated carbocycles. The van der Waals surface area contributed by atoms with Crippen molar-refractivity contribution in [1.82, 2.24) is 20.5 Å². The number of nitrogens with one attached hydrogen (secondary N) is 2. The summed E-state index contributed by atoms with van der Waals surface area (Å²) in [6, 6.07) is 5.46. The molecule has 6 heteroatoms. The molecule has 1 amide bonds. The number of aryl methyl sites for hydroxylation is 1. The number of carbonyl (C=O) groups excluding carboxylic acids is 1. The fourth-order valence-corrected chi connectivity index (χ4v) is 2.53. The quantitative estimate of drug-likeness (QED) is 0.768. The number of aromatic amines is 1. The van der Waals surface area contributed by atoms with E-state index in [1.54, 1.807) is 29.7 Å². The van der Waals surface area contributed by atoms with E-state index in [0.717, 1.165) is 21.6 Å². The lowest BCUT2D eigenvalue weighted by atomic mass is 10.1. The van der Waals surface area contributed by atoms with Gasteiger partial charge < -0.3 is 5.32 Å². The van der Waals surface area contributed by atoms with E-state index in [9.17, 15) is 4.79 Å². The molecule has 19 heavy (non-hydrogen) atoms. The van der Waals surface area contributed by atoms with E-state index in [0.29, 0.717) is 12.1 Å². The fraction of sp³-hybridized carbons (Fsp3) is 0.154. The van der Waals surface area contributed by atoms with Gasteiger partial charge in [-0.15, -0.1) is 11.3 Å². The van der Waals surface area contributed by atoms with Crippen LogP contribution in [-0.2, 0) is 6.54 Å². The predicted molar refractivity (Wildman–Crippen MR) is 74.1 cm³/mol. The minimum absolute atomic E-state index is 0.107. The van der Waals surface area contributed by atoms with Gasteiger partial charge in [0, 0.05) is 22.0 Å². The highest BCUT2D eigenvalue weighted by atomic mass is 32.1. The second-order valence-electron chi connectivity index (χ2n) is 4.24. The van der Waals surface area contributed by atoms with Crippen LogP contribution in [0.4, 0.5) is 0 Å². The summed E-state index contributed by atoms with van der Waals surface area (Å²) in [6.45, 7) is 2.40. The van der Waals surface area contributed by atoms with E-state index >= 15 is 0 Å². The van der Waals surface area contributed by atoms with Gasteiger partial charge in [-0.3, -0.25) is 9.89 Å². The Hall–Kier alpha value is -2.21. The van der Waals surface area contributed by atoms with Gasteiger partial charge in [-0.25, -0.2) is 4.98 Å². The number of fused-ring (bicyclic) bond motifs is 1. The summed E-state index contributed by atoms with van der Waals surface area (Å²) < 4.78 is 0. The number of rotatable bonds is 3. The summed E-state index contributed by atoms with van der Waals surface area (Å²) in [7, 11) is 0. The molecule has 5 nitrogen and oxygen atoms in total. The van der Waals surface area contributed by atoms with E-state index in [2.05, 4.69) is 20.5 Å². The van der Waals surface area contributed by atoms with Crippen molar-refractivity contribution in [3.05, 3.63) is 46.0 Å². The smallest absolute Gasteiger partial charge is 0.251 e. The first-order valence-electron chi connectivity index (χ1n) is 5.85. The summed E-state index contributed by atoms with van der Waals surface area (Å²) in [5.41, 5.74) is 2.45. The molecule has 1 aromatic carbocycles. The zero-order valence-electron chi connectivity index (χ0n) is 10.3. The highest BCUT2D eigenvalue weighted by molar-refractivity contribution is 7.09. The molecule has 0 aliphatic rings. The summed E-state index contributed by atoms with van der Waals surface area (Å²) in [6.07, 6.45) is 1.73. The second kappa shape index (κ2) is 4.81. The van der Waals surface area contributed by atoms with Gasteiger partial charge in [0.05, 0.1) is 18.3 Å². The normalized spacial score (nSPS) is 10.8. The van der Waals surface area contributed by atoms with Crippen LogP contribution in [0.1, 0.15) is 21.1 Å². The van der Waals surface area contributed by atoms with Gasteiger partial charge in [0.1, 0.15) is 5.01 Å². The predicted octanol–water partition coefficient (Wildman–Crippen LogP) is 2.26. The zero-order chi connectivity index (χ0) is 13.2. The molecular formula is C13H12N4OS. The molecule has 0 spiro atoms. The van der Waals surface area contributed by atoms with Crippen molar-refractivity contribution in [2.24, 2.45) is 0 Å². The Kier molecular flexibility index (Phi) is 3.00. The molecule has 0 bridgehead atoms. The molecular weight excluding hydrogens is 260 g/mol. The minimum Gasteiger partial charge on any atom is -0.346 e. The van der Waals surface area contributed by atoms with Crippen LogP contribution in [0.5, 0.6) is 0 Å². The molecule has 2 aromatic heterocycles. The van der Waals surface area contributed by atoms with E-state index in [1.165, 1.54) is 0 Å². The largest absolute Gasteiger partial charge is 0.346 e. The van der Waals surface area contributed by atoms with Crippen LogP contribution in [0.25, 0.3) is 10.9 Å². The lowest BCUT2D eigenvalue weighted by molar-refractivity contribution is 0.0951. The average molecular weight is 272 g/mol. The first-order chi connectivity index (χ1) is 9.22. The molecule has 0 atom stereocenters. The number of nitrogens with zero attached hydrogens (tertiary/aromatic N) is 2. The van der Waals surface area contributed by atoms with Gasteiger partial charge in [-0.1, -0.05) is 6.07 Å². The minimum atomic E-state index is -0.107. The molecule has 2 N–H and O–H groups in total. The number of carbonyl (C=O) groups is 1. The van der Waals surface area contributed by atoms with Crippen LogP contribution < -0.4 is 5.32 Å². The molecule has 3 rings (SSSR count). The molecule has 2 heterocycles. The molecule has 0 aliphatic heterocycles. The second-order valence-corrected chi connectivity index (χ2v) is 5.18. The molecule has 0 aliphatic carbocycles. The molecule has 0 radical (unpaired) electrons. The van der Waals surface area contributed by atoms with Crippen LogP contribution in [-0.4, -0.2) is 21.1 Å². The third kappa shape index (κ3) is 2.48. The highest BCUT2D eigenvalue weighted by Gasteiger charge is 2.08. The summed E-state index contributed by atoms with van der Waals surface area (Å²) in [5, 5.41) is 13.5. The average Bonchev–Trinajstić information content (AvgIpc) is 3.03. The first kappa shape index (κ1) is 11.9. The monoisotopic (exact) mass is 272 g/mol. The fourth-order valence-electron chi connectivity index (χ4n) is 1.82. The lowest BCUT2D eigenvalue weighted by Gasteiger charge is -2.03. The Bertz CT molecular complexity index is 731. The number of hydrogen-bond acceptors (Lipinski definition) is 4. The molecule has 0 fully saturated rings. The molecule has 0 unspecified atom stereocenters. The Morgan fingerprint density at radius 1 is 1.47 bits per heavy atom. The standard InChI is InChI=1S/C13H12N4OS/c1-8-7-19-12(16-8)6-14-13(18)9-2-3-10-5-15-17-11(10)4-9/h2-5,7H,6H2,1H3,(H,14,18)(H,15,17). The summed E-state index contributed by atoms with van der Waals surface area (Å²) in [4.78, 5) is 16.3. The molecule has 3 aromatic rings. The number of thiazole rings is 1. The SMILES string of the molecule is Cc1csc(CNC(=O)c2ccc3cn[nH]c3c2)n1.